The molecule has 2 heterocycles. The van der Waals surface area contributed by atoms with Crippen LogP contribution in [0.5, 0.6) is 0 Å². The fraction of sp³-hybridized carbons (Fsp3) is 0.200. The van der Waals surface area contributed by atoms with Gasteiger partial charge in [-0.25, -0.2) is 4.79 Å². The Morgan fingerprint density at radius 1 is 1.56 bits per heavy atom. The Kier molecular flexibility index (Phi) is 3.06. The number of fused-ring (bicyclic) bond motifs is 1. The average molecular weight is 276 g/mol. The van der Waals surface area contributed by atoms with Crippen molar-refractivity contribution in [3.8, 4) is 0 Å². The van der Waals surface area contributed by atoms with Crippen LogP contribution in [0.15, 0.2) is 6.20 Å². The van der Waals surface area contributed by atoms with Crippen molar-refractivity contribution in [3.05, 3.63) is 26.7 Å². The van der Waals surface area contributed by atoms with Gasteiger partial charge in [0, 0.05) is 11.8 Å². The van der Waals surface area contributed by atoms with Gasteiger partial charge < -0.3 is 5.11 Å². The van der Waals surface area contributed by atoms with Crippen LogP contribution < -0.4 is 0 Å². The number of carboxylic acids is 1. The van der Waals surface area contributed by atoms with E-state index in [0.29, 0.717) is 14.6 Å². The highest BCUT2D eigenvalue weighted by atomic mass is 35.5. The Bertz CT molecular complexity index is 580. The van der Waals surface area contributed by atoms with Crippen molar-refractivity contribution in [2.75, 3.05) is 0 Å². The van der Waals surface area contributed by atoms with Gasteiger partial charge in [-0.3, -0.25) is 4.98 Å². The third-order valence-corrected chi connectivity index (χ3v) is 4.26. The average Bonchev–Trinajstić information content (AvgIpc) is 2.55. The van der Waals surface area contributed by atoms with Gasteiger partial charge in [-0.2, -0.15) is 0 Å². The molecule has 84 valence electrons. The lowest BCUT2D eigenvalue weighted by Crippen LogP contribution is -1.98. The number of aryl methyl sites for hydroxylation is 1. The third kappa shape index (κ3) is 1.67. The fourth-order valence-corrected chi connectivity index (χ4v) is 3.28. The highest BCUT2D eigenvalue weighted by molar-refractivity contribution is 7.23. The van der Waals surface area contributed by atoms with Gasteiger partial charge in [0.05, 0.1) is 25.1 Å². The van der Waals surface area contributed by atoms with Crippen LogP contribution in [0.3, 0.4) is 0 Å². The first kappa shape index (κ1) is 11.6. The molecule has 0 aliphatic carbocycles. The van der Waals surface area contributed by atoms with Gasteiger partial charge in [0.1, 0.15) is 0 Å². The van der Waals surface area contributed by atoms with Gasteiger partial charge in [-0.1, -0.05) is 30.1 Å². The van der Waals surface area contributed by atoms with Crippen molar-refractivity contribution in [1.82, 2.24) is 4.98 Å². The molecule has 0 aliphatic heterocycles. The van der Waals surface area contributed by atoms with Crippen LogP contribution in [0.2, 0.25) is 9.36 Å². The Hall–Kier alpha value is -0.840. The quantitative estimate of drug-likeness (QED) is 0.905. The summed E-state index contributed by atoms with van der Waals surface area (Å²) >= 11 is 13.3. The number of rotatable bonds is 2. The molecular weight excluding hydrogens is 269 g/mol. The minimum Gasteiger partial charge on any atom is -0.478 e. The standard InChI is InChI=1S/C10H7Cl2NO2S/c1-2-4-7-8(16-9(4)12)6(11)5(3-13-7)10(14)15/h3H,2H2,1H3,(H,14,15). The van der Waals surface area contributed by atoms with E-state index in [1.807, 2.05) is 6.92 Å². The molecule has 0 saturated carbocycles. The third-order valence-electron chi connectivity index (χ3n) is 2.27. The number of pyridine rings is 1. The molecule has 16 heavy (non-hydrogen) atoms. The molecule has 0 radical (unpaired) electrons. The highest BCUT2D eigenvalue weighted by Gasteiger charge is 2.18. The Morgan fingerprint density at radius 2 is 2.25 bits per heavy atom. The van der Waals surface area contributed by atoms with E-state index >= 15 is 0 Å². The van der Waals surface area contributed by atoms with Crippen LogP contribution in [-0.4, -0.2) is 16.1 Å². The maximum Gasteiger partial charge on any atom is 0.338 e. The summed E-state index contributed by atoms with van der Waals surface area (Å²) in [6, 6.07) is 0. The highest BCUT2D eigenvalue weighted by Crippen LogP contribution is 2.39. The molecule has 0 amide bonds. The molecule has 2 aromatic heterocycles. The van der Waals surface area contributed by atoms with E-state index in [1.54, 1.807) is 0 Å². The lowest BCUT2D eigenvalue weighted by molar-refractivity contribution is 0.0697. The number of carboxylic acid groups (broad SMARTS) is 1. The van der Waals surface area contributed by atoms with Gasteiger partial charge in [-0.15, -0.1) is 11.3 Å². The number of aromatic carboxylic acids is 1. The summed E-state index contributed by atoms with van der Waals surface area (Å²) in [5.74, 6) is -1.08. The largest absolute Gasteiger partial charge is 0.478 e. The van der Waals surface area contributed by atoms with Crippen LogP contribution in [0.1, 0.15) is 22.8 Å². The molecule has 1 N–H and O–H groups in total. The number of aromatic nitrogens is 1. The van der Waals surface area contributed by atoms with E-state index in [0.717, 1.165) is 12.0 Å². The van der Waals surface area contributed by atoms with Gasteiger partial charge in [-0.05, 0) is 6.42 Å². The van der Waals surface area contributed by atoms with Crippen LogP contribution >= 0.6 is 34.5 Å². The molecule has 0 bridgehead atoms. The molecule has 0 saturated heterocycles. The normalized spacial score (nSPS) is 10.9. The molecule has 2 aromatic rings. The molecule has 0 atom stereocenters. The summed E-state index contributed by atoms with van der Waals surface area (Å²) < 4.78 is 1.26. The summed E-state index contributed by atoms with van der Waals surface area (Å²) in [6.45, 7) is 1.97. The molecule has 0 unspecified atom stereocenters. The van der Waals surface area contributed by atoms with E-state index in [2.05, 4.69) is 4.98 Å². The number of halogens is 2. The van der Waals surface area contributed by atoms with E-state index in [1.165, 1.54) is 17.5 Å². The number of hydrogen-bond acceptors (Lipinski definition) is 3. The zero-order chi connectivity index (χ0) is 11.9. The van der Waals surface area contributed by atoms with Gasteiger partial charge in [0.15, 0.2) is 0 Å². The summed E-state index contributed by atoms with van der Waals surface area (Å²) in [5.41, 5.74) is 1.63. The molecule has 3 nitrogen and oxygen atoms in total. The minimum absolute atomic E-state index is 0.00902. The minimum atomic E-state index is -1.08. The molecule has 0 fully saturated rings. The van der Waals surface area contributed by atoms with Crippen molar-refractivity contribution < 1.29 is 9.90 Å². The van der Waals surface area contributed by atoms with E-state index in [-0.39, 0.29) is 10.6 Å². The van der Waals surface area contributed by atoms with Crippen LogP contribution in [-0.2, 0) is 6.42 Å². The zero-order valence-electron chi connectivity index (χ0n) is 8.25. The summed E-state index contributed by atoms with van der Waals surface area (Å²) in [5, 5.41) is 9.12. The predicted molar refractivity (Wildman–Crippen MR) is 66.0 cm³/mol. The van der Waals surface area contributed by atoms with Crippen molar-refractivity contribution in [2.45, 2.75) is 13.3 Å². The van der Waals surface area contributed by atoms with Gasteiger partial charge in [0.2, 0.25) is 0 Å². The van der Waals surface area contributed by atoms with Crippen LogP contribution in [0.25, 0.3) is 10.2 Å². The molecule has 0 aromatic carbocycles. The Balaban J connectivity index is 2.81. The van der Waals surface area contributed by atoms with E-state index < -0.39 is 5.97 Å². The summed E-state index contributed by atoms with van der Waals surface area (Å²) in [4.78, 5) is 15.0. The number of nitrogens with zero attached hydrogens (tertiary/aromatic N) is 1. The van der Waals surface area contributed by atoms with E-state index in [4.69, 9.17) is 28.3 Å². The number of thiophene rings is 1. The smallest absolute Gasteiger partial charge is 0.338 e. The van der Waals surface area contributed by atoms with E-state index in [9.17, 15) is 4.79 Å². The monoisotopic (exact) mass is 275 g/mol. The van der Waals surface area contributed by atoms with Crippen LogP contribution in [0, 0.1) is 0 Å². The maximum absolute atomic E-state index is 10.9. The topological polar surface area (TPSA) is 50.2 Å². The lowest BCUT2D eigenvalue weighted by Gasteiger charge is -1.99. The molecule has 0 spiro atoms. The SMILES string of the molecule is CCc1c(Cl)sc2c(Cl)c(C(=O)O)cnc12. The second-order valence-electron chi connectivity index (χ2n) is 3.18. The summed E-state index contributed by atoms with van der Waals surface area (Å²) in [7, 11) is 0. The molecule has 2 rings (SSSR count). The zero-order valence-corrected chi connectivity index (χ0v) is 10.6. The van der Waals surface area contributed by atoms with Crippen LogP contribution in [0.4, 0.5) is 0 Å². The molecule has 0 aliphatic rings. The van der Waals surface area contributed by atoms with Crippen molar-refractivity contribution in [1.29, 1.82) is 0 Å². The van der Waals surface area contributed by atoms with Crippen molar-refractivity contribution >= 4 is 50.7 Å². The first-order valence-corrected chi connectivity index (χ1v) is 6.12. The second-order valence-corrected chi connectivity index (χ2v) is 5.18. The second kappa shape index (κ2) is 4.20. The first-order valence-electron chi connectivity index (χ1n) is 4.55. The van der Waals surface area contributed by atoms with Crippen molar-refractivity contribution in [2.24, 2.45) is 0 Å². The number of hydrogen-bond donors (Lipinski definition) is 1. The lowest BCUT2D eigenvalue weighted by atomic mass is 10.2. The molecular formula is C10H7Cl2NO2S. The fourth-order valence-electron chi connectivity index (χ4n) is 1.48. The first-order chi connectivity index (χ1) is 7.56. The maximum atomic E-state index is 10.9. The molecule has 6 heteroatoms. The number of carbonyl (C=O) groups is 1. The predicted octanol–water partition coefficient (Wildman–Crippen LogP) is 3.86. The van der Waals surface area contributed by atoms with Gasteiger partial charge >= 0.3 is 5.97 Å². The van der Waals surface area contributed by atoms with Crippen molar-refractivity contribution in [3.63, 3.8) is 0 Å². The Labute approximate surface area is 106 Å². The Morgan fingerprint density at radius 3 is 2.81 bits per heavy atom. The summed E-state index contributed by atoms with van der Waals surface area (Å²) in [6.07, 6.45) is 2.02. The van der Waals surface area contributed by atoms with Gasteiger partial charge in [0.25, 0.3) is 0 Å².